The van der Waals surface area contributed by atoms with Gasteiger partial charge >= 0.3 is 0 Å². The lowest BCUT2D eigenvalue weighted by Crippen LogP contribution is -2.43. The number of aliphatic hydroxyl groups excluding tert-OH is 2. The molecule has 0 aromatic heterocycles. The molecule has 3 nitrogen and oxygen atoms in total. The molecule has 1 heterocycles. The molecule has 0 saturated carbocycles. The van der Waals surface area contributed by atoms with Gasteiger partial charge in [-0.2, -0.15) is 0 Å². The first-order valence-corrected chi connectivity index (χ1v) is 3.38. The highest BCUT2D eigenvalue weighted by Gasteiger charge is 2.16. The molecule has 3 N–H and O–H groups in total. The van der Waals surface area contributed by atoms with E-state index in [0.717, 1.165) is 19.3 Å². The SMILES string of the molecule is OC[C@@H]1CCCC(O)N1. The predicted molar refractivity (Wildman–Crippen MR) is 33.9 cm³/mol. The van der Waals surface area contributed by atoms with Crippen LogP contribution in [0.3, 0.4) is 0 Å². The Kier molecular flexibility index (Phi) is 2.45. The third-order valence-electron chi connectivity index (χ3n) is 1.68. The zero-order chi connectivity index (χ0) is 6.69. The Morgan fingerprint density at radius 1 is 1.44 bits per heavy atom. The Morgan fingerprint density at radius 2 is 2.22 bits per heavy atom. The van der Waals surface area contributed by atoms with Crippen molar-refractivity contribution in [2.24, 2.45) is 0 Å². The van der Waals surface area contributed by atoms with E-state index < -0.39 is 6.23 Å². The van der Waals surface area contributed by atoms with Gasteiger partial charge in [0, 0.05) is 6.04 Å². The van der Waals surface area contributed by atoms with Gasteiger partial charge in [-0.15, -0.1) is 0 Å². The van der Waals surface area contributed by atoms with E-state index in [1.807, 2.05) is 0 Å². The highest BCUT2D eigenvalue weighted by molar-refractivity contribution is 4.73. The lowest BCUT2D eigenvalue weighted by Gasteiger charge is -2.25. The summed E-state index contributed by atoms with van der Waals surface area (Å²) in [6.45, 7) is 0.136. The maximum atomic E-state index is 8.99. The van der Waals surface area contributed by atoms with Gasteiger partial charge in [0.25, 0.3) is 0 Å². The molecule has 1 saturated heterocycles. The lowest BCUT2D eigenvalue weighted by molar-refractivity contribution is 0.0673. The van der Waals surface area contributed by atoms with E-state index in [0.29, 0.717) is 0 Å². The highest BCUT2D eigenvalue weighted by atomic mass is 16.3. The second-order valence-electron chi connectivity index (χ2n) is 2.49. The van der Waals surface area contributed by atoms with Crippen LogP contribution in [0.25, 0.3) is 0 Å². The molecule has 9 heavy (non-hydrogen) atoms. The minimum absolute atomic E-state index is 0.119. The smallest absolute Gasteiger partial charge is 0.105 e. The van der Waals surface area contributed by atoms with Crippen LogP contribution in [0.5, 0.6) is 0 Å². The van der Waals surface area contributed by atoms with Crippen molar-refractivity contribution in [2.75, 3.05) is 6.61 Å². The molecule has 0 amide bonds. The van der Waals surface area contributed by atoms with Crippen LogP contribution in [-0.2, 0) is 0 Å². The molecule has 1 aliphatic rings. The van der Waals surface area contributed by atoms with Gasteiger partial charge in [-0.25, -0.2) is 0 Å². The van der Waals surface area contributed by atoms with Gasteiger partial charge in [0.15, 0.2) is 0 Å². The van der Waals surface area contributed by atoms with Crippen LogP contribution in [0.4, 0.5) is 0 Å². The summed E-state index contributed by atoms with van der Waals surface area (Å²) in [6.07, 6.45) is 2.42. The van der Waals surface area contributed by atoms with E-state index in [1.54, 1.807) is 0 Å². The molecule has 0 aromatic carbocycles. The molecule has 2 atom stereocenters. The van der Waals surface area contributed by atoms with E-state index in [1.165, 1.54) is 0 Å². The van der Waals surface area contributed by atoms with Gasteiger partial charge in [-0.1, -0.05) is 0 Å². The zero-order valence-electron chi connectivity index (χ0n) is 5.38. The van der Waals surface area contributed by atoms with Crippen LogP contribution < -0.4 is 5.32 Å². The molecule has 3 heteroatoms. The second kappa shape index (κ2) is 3.15. The van der Waals surface area contributed by atoms with Crippen LogP contribution in [0.15, 0.2) is 0 Å². The number of nitrogens with one attached hydrogen (secondary N) is 1. The van der Waals surface area contributed by atoms with Crippen molar-refractivity contribution in [1.82, 2.24) is 5.32 Å². The summed E-state index contributed by atoms with van der Waals surface area (Å²) in [5, 5.41) is 20.5. The van der Waals surface area contributed by atoms with E-state index >= 15 is 0 Å². The monoisotopic (exact) mass is 131 g/mol. The van der Waals surface area contributed by atoms with Crippen molar-refractivity contribution in [3.05, 3.63) is 0 Å². The average Bonchev–Trinajstić information content (AvgIpc) is 1.88. The van der Waals surface area contributed by atoms with Crippen molar-refractivity contribution in [1.29, 1.82) is 0 Å². The first kappa shape index (κ1) is 6.99. The molecule has 0 spiro atoms. The van der Waals surface area contributed by atoms with Crippen molar-refractivity contribution >= 4 is 0 Å². The molecular weight excluding hydrogens is 118 g/mol. The van der Waals surface area contributed by atoms with Crippen LogP contribution in [0.1, 0.15) is 19.3 Å². The number of hydrogen-bond acceptors (Lipinski definition) is 3. The second-order valence-corrected chi connectivity index (χ2v) is 2.49. The van der Waals surface area contributed by atoms with Gasteiger partial charge in [0.1, 0.15) is 6.23 Å². The first-order valence-electron chi connectivity index (χ1n) is 3.38. The zero-order valence-corrected chi connectivity index (χ0v) is 5.38. The number of hydrogen-bond donors (Lipinski definition) is 3. The van der Waals surface area contributed by atoms with Gasteiger partial charge in [0.2, 0.25) is 0 Å². The Hall–Kier alpha value is -0.120. The van der Waals surface area contributed by atoms with E-state index in [9.17, 15) is 0 Å². The standard InChI is InChI=1S/C6H13NO2/c8-4-5-2-1-3-6(9)7-5/h5-9H,1-4H2/t5-,6?/m0/s1. The summed E-state index contributed by atoms with van der Waals surface area (Å²) in [4.78, 5) is 0. The van der Waals surface area contributed by atoms with Gasteiger partial charge in [0.05, 0.1) is 6.61 Å². The van der Waals surface area contributed by atoms with E-state index in [2.05, 4.69) is 5.32 Å². The summed E-state index contributed by atoms with van der Waals surface area (Å²) in [5.74, 6) is 0. The lowest BCUT2D eigenvalue weighted by atomic mass is 10.0. The van der Waals surface area contributed by atoms with Crippen LogP contribution in [0, 0.1) is 0 Å². The molecule has 0 aliphatic carbocycles. The fourth-order valence-corrected chi connectivity index (χ4v) is 1.14. The van der Waals surface area contributed by atoms with Crippen molar-refractivity contribution < 1.29 is 10.2 Å². The quantitative estimate of drug-likeness (QED) is 0.447. The summed E-state index contributed by atoms with van der Waals surface area (Å²) < 4.78 is 0. The molecule has 0 radical (unpaired) electrons. The Morgan fingerprint density at radius 3 is 2.67 bits per heavy atom. The summed E-state index contributed by atoms with van der Waals surface area (Å²) in [6, 6.07) is 0.119. The third kappa shape index (κ3) is 1.93. The fourth-order valence-electron chi connectivity index (χ4n) is 1.14. The summed E-state index contributed by atoms with van der Waals surface area (Å²) in [7, 11) is 0. The summed E-state index contributed by atoms with van der Waals surface area (Å²) >= 11 is 0. The van der Waals surface area contributed by atoms with Crippen LogP contribution >= 0.6 is 0 Å². The third-order valence-corrected chi connectivity index (χ3v) is 1.68. The average molecular weight is 131 g/mol. The molecule has 54 valence electrons. The van der Waals surface area contributed by atoms with Crippen molar-refractivity contribution in [3.8, 4) is 0 Å². The molecule has 1 fully saturated rings. The molecule has 0 bridgehead atoms. The molecule has 1 unspecified atom stereocenters. The van der Waals surface area contributed by atoms with Gasteiger partial charge in [-0.3, -0.25) is 5.32 Å². The van der Waals surface area contributed by atoms with Crippen LogP contribution in [0.2, 0.25) is 0 Å². The number of aliphatic hydroxyl groups is 2. The predicted octanol–water partition coefficient (Wildman–Crippen LogP) is -0.561. The topological polar surface area (TPSA) is 52.5 Å². The number of rotatable bonds is 1. The summed E-state index contributed by atoms with van der Waals surface area (Å²) in [5.41, 5.74) is 0. The maximum absolute atomic E-state index is 8.99. The van der Waals surface area contributed by atoms with Gasteiger partial charge < -0.3 is 10.2 Å². The minimum Gasteiger partial charge on any atom is -0.395 e. The van der Waals surface area contributed by atoms with E-state index in [-0.39, 0.29) is 12.6 Å². The van der Waals surface area contributed by atoms with Crippen molar-refractivity contribution in [3.63, 3.8) is 0 Å². The van der Waals surface area contributed by atoms with Crippen LogP contribution in [-0.4, -0.2) is 29.1 Å². The minimum atomic E-state index is -0.393. The molecule has 1 aliphatic heterocycles. The first-order chi connectivity index (χ1) is 4.33. The number of piperidine rings is 1. The highest BCUT2D eigenvalue weighted by Crippen LogP contribution is 2.09. The van der Waals surface area contributed by atoms with E-state index in [4.69, 9.17) is 10.2 Å². The normalized spacial score (nSPS) is 36.7. The van der Waals surface area contributed by atoms with Gasteiger partial charge in [-0.05, 0) is 19.3 Å². The molecule has 0 aromatic rings. The Balaban J connectivity index is 2.23. The Labute approximate surface area is 54.7 Å². The maximum Gasteiger partial charge on any atom is 0.105 e. The largest absolute Gasteiger partial charge is 0.395 e. The molecule has 1 rings (SSSR count). The Bertz CT molecular complexity index is 87.1. The molecular formula is C6H13NO2. The van der Waals surface area contributed by atoms with Crippen molar-refractivity contribution in [2.45, 2.75) is 31.5 Å². The fraction of sp³-hybridized carbons (Fsp3) is 1.00.